The smallest absolute Gasteiger partial charge is 0.305 e. The van der Waals surface area contributed by atoms with Gasteiger partial charge >= 0.3 is 5.97 Å². The van der Waals surface area contributed by atoms with Gasteiger partial charge in [0.15, 0.2) is 34.7 Å². The molecule has 1 aromatic carbocycles. The average molecular weight is 603 g/mol. The molecule has 1 amide bonds. The van der Waals surface area contributed by atoms with Crippen molar-refractivity contribution in [2.75, 3.05) is 25.6 Å². The molecule has 1 aromatic rings. The Kier molecular flexibility index (Phi) is 9.01. The molecule has 42 heavy (non-hydrogen) atoms. The van der Waals surface area contributed by atoms with Crippen LogP contribution >= 0.6 is 11.8 Å². The fraction of sp³-hybridized carbons (Fsp3) is 0.600. The van der Waals surface area contributed by atoms with Crippen molar-refractivity contribution >= 4 is 46.8 Å². The molecule has 0 aromatic heterocycles. The maximum Gasteiger partial charge on any atom is 0.305 e. The van der Waals surface area contributed by atoms with Crippen molar-refractivity contribution in [2.45, 2.75) is 57.3 Å². The Labute approximate surface area is 248 Å². The topological polar surface area (TPSA) is 181 Å². The van der Waals surface area contributed by atoms with E-state index >= 15 is 0 Å². The van der Waals surface area contributed by atoms with Crippen LogP contribution in [0.2, 0.25) is 0 Å². The number of nitrogens with zero attached hydrogens (tertiary/aromatic N) is 1. The lowest BCUT2D eigenvalue weighted by Crippen LogP contribution is -2.78. The van der Waals surface area contributed by atoms with Gasteiger partial charge in [-0.2, -0.15) is 11.8 Å². The molecule has 3 aliphatic rings. The van der Waals surface area contributed by atoms with Crippen molar-refractivity contribution < 1.29 is 43.7 Å². The Hall–Kier alpha value is -3.09. The summed E-state index contributed by atoms with van der Waals surface area (Å²) < 4.78 is 5.91. The molecule has 0 heterocycles. The predicted octanol–water partition coefficient (Wildman–Crippen LogP) is 1.12. The zero-order chi connectivity index (χ0) is 31.3. The fourth-order valence-electron chi connectivity index (χ4n) is 6.85. The maximum atomic E-state index is 14.4. The van der Waals surface area contributed by atoms with Gasteiger partial charge < -0.3 is 20.7 Å². The number of esters is 1. The van der Waals surface area contributed by atoms with Crippen LogP contribution in [0, 0.1) is 29.6 Å². The van der Waals surface area contributed by atoms with E-state index in [0.29, 0.717) is 17.2 Å². The molecule has 0 saturated heterocycles. The third kappa shape index (κ3) is 4.97. The van der Waals surface area contributed by atoms with E-state index in [1.807, 2.05) is 0 Å². The van der Waals surface area contributed by atoms with Crippen LogP contribution in [-0.4, -0.2) is 93.5 Å². The first-order chi connectivity index (χ1) is 19.7. The van der Waals surface area contributed by atoms with Crippen LogP contribution in [0.4, 0.5) is 0 Å². The quantitative estimate of drug-likeness (QED) is 0.209. The number of phenolic OH excluding ortho intramolecular Hbond substituents is 1. The number of thioether (sulfide) groups is 1. The summed E-state index contributed by atoms with van der Waals surface area (Å²) in [6, 6.07) is 3.15. The van der Waals surface area contributed by atoms with Gasteiger partial charge in [0.25, 0.3) is 0 Å². The molecule has 2 saturated carbocycles. The molecule has 4 N–H and O–H groups in total. The van der Waals surface area contributed by atoms with Crippen molar-refractivity contribution in [3.05, 3.63) is 29.3 Å². The number of likely N-dealkylation sites (N-methyl/N-ethyl adjacent to an activating group) is 1. The second-order valence-electron chi connectivity index (χ2n) is 12.0. The number of hydrogen-bond acceptors (Lipinski definition) is 11. The predicted molar refractivity (Wildman–Crippen MR) is 153 cm³/mol. The number of fused-ring (bicyclic) bond motifs is 3. The summed E-state index contributed by atoms with van der Waals surface area (Å²) in [6.07, 6.45) is -0.633. The minimum absolute atomic E-state index is 0.0927. The van der Waals surface area contributed by atoms with Crippen molar-refractivity contribution in [3.8, 4) is 5.75 Å². The Balaban J connectivity index is 1.98. The molecule has 3 aliphatic carbocycles. The van der Waals surface area contributed by atoms with Gasteiger partial charge in [0.1, 0.15) is 11.9 Å². The molecule has 0 aliphatic heterocycles. The number of rotatable bonds is 9. The second-order valence-corrected chi connectivity index (χ2v) is 13.1. The SMILES string of the molecule is CCC(=O)O[C@@H]1[C@@H]2C(C(=O)c3c(O)cccc3[C@H]2CSCCC(C)C)C(=O)[C@@]2(O)C(=O)C(C(N)=O)C(=O)[C@H](N(C)C)[C@@H]12. The number of phenols is 1. The fourth-order valence-corrected chi connectivity index (χ4v) is 8.31. The standard InChI is InChI=1S/C30H38N2O9S/c1-6-17(34)41-26-19-15(12-42-11-10-13(2)3)14-8-7-9-16(33)18(14)24(35)20(19)27(37)30(40)22(26)23(32(4)5)25(36)21(28(30)38)29(31)39/h7-9,13,15,19-23,26,33,40H,6,10-12H2,1-5H3,(H2,31,39)/t15-,19+,20?,21?,22+,23-,26-,30-/m1/s1. The molecule has 0 spiro atoms. The van der Waals surface area contributed by atoms with Gasteiger partial charge in [-0.1, -0.05) is 32.9 Å². The third-order valence-electron chi connectivity index (χ3n) is 8.81. The number of ether oxygens (including phenoxy) is 1. The summed E-state index contributed by atoms with van der Waals surface area (Å²) in [5, 5.41) is 22.8. The summed E-state index contributed by atoms with van der Waals surface area (Å²) >= 11 is 1.57. The number of aliphatic hydroxyl groups is 1. The van der Waals surface area contributed by atoms with Crippen LogP contribution in [-0.2, 0) is 28.7 Å². The maximum absolute atomic E-state index is 14.4. The Morgan fingerprint density at radius 2 is 1.81 bits per heavy atom. The van der Waals surface area contributed by atoms with Crippen molar-refractivity contribution in [1.82, 2.24) is 4.90 Å². The number of carbonyl (C=O) groups is 6. The highest BCUT2D eigenvalue weighted by Gasteiger charge is 2.74. The zero-order valence-corrected chi connectivity index (χ0v) is 25.2. The number of nitrogens with two attached hydrogens (primary N) is 1. The van der Waals surface area contributed by atoms with Crippen LogP contribution in [0.15, 0.2) is 18.2 Å². The summed E-state index contributed by atoms with van der Waals surface area (Å²) in [7, 11) is 2.95. The minimum Gasteiger partial charge on any atom is -0.507 e. The van der Waals surface area contributed by atoms with Crippen LogP contribution < -0.4 is 5.73 Å². The van der Waals surface area contributed by atoms with Crippen LogP contribution in [0.3, 0.4) is 0 Å². The normalized spacial score (nSPS) is 32.4. The van der Waals surface area contributed by atoms with Gasteiger partial charge in [0.2, 0.25) is 5.91 Å². The van der Waals surface area contributed by atoms with Crippen molar-refractivity contribution in [3.63, 3.8) is 0 Å². The number of primary amides is 1. The number of hydrogen-bond donors (Lipinski definition) is 3. The lowest BCUT2D eigenvalue weighted by Gasteiger charge is -2.57. The molecule has 228 valence electrons. The first kappa shape index (κ1) is 31.8. The monoisotopic (exact) mass is 602 g/mol. The molecule has 4 rings (SSSR count). The first-order valence-electron chi connectivity index (χ1n) is 14.1. The number of amides is 1. The summed E-state index contributed by atoms with van der Waals surface area (Å²) in [5.41, 5.74) is 2.74. The van der Waals surface area contributed by atoms with Crippen LogP contribution in [0.25, 0.3) is 0 Å². The molecule has 0 bridgehead atoms. The average Bonchev–Trinajstić information content (AvgIpc) is 2.90. The largest absolute Gasteiger partial charge is 0.507 e. The van der Waals surface area contributed by atoms with E-state index < -0.39 is 82.3 Å². The zero-order valence-electron chi connectivity index (χ0n) is 24.4. The van der Waals surface area contributed by atoms with Crippen molar-refractivity contribution in [1.29, 1.82) is 0 Å². The van der Waals surface area contributed by atoms with E-state index in [9.17, 15) is 39.0 Å². The molecule has 11 nitrogen and oxygen atoms in total. The highest BCUT2D eigenvalue weighted by atomic mass is 32.2. The number of carbonyl (C=O) groups excluding carboxylic acids is 6. The van der Waals surface area contributed by atoms with Crippen LogP contribution in [0.5, 0.6) is 5.75 Å². The van der Waals surface area contributed by atoms with E-state index in [4.69, 9.17) is 10.5 Å². The Bertz CT molecular complexity index is 1330. The van der Waals surface area contributed by atoms with E-state index in [-0.39, 0.29) is 17.7 Å². The minimum atomic E-state index is -3.03. The van der Waals surface area contributed by atoms with Crippen LogP contribution in [0.1, 0.15) is 55.5 Å². The highest BCUT2D eigenvalue weighted by Crippen LogP contribution is 2.56. The lowest BCUT2D eigenvalue weighted by atomic mass is 9.49. The van der Waals surface area contributed by atoms with Gasteiger partial charge in [0, 0.05) is 24.0 Å². The number of ketones is 4. The highest BCUT2D eigenvalue weighted by molar-refractivity contribution is 7.99. The van der Waals surface area contributed by atoms with Gasteiger partial charge in [0.05, 0.1) is 23.4 Å². The third-order valence-corrected chi connectivity index (χ3v) is 9.93. The van der Waals surface area contributed by atoms with Gasteiger partial charge in [-0.15, -0.1) is 0 Å². The first-order valence-corrected chi connectivity index (χ1v) is 15.3. The Morgan fingerprint density at radius 1 is 1.14 bits per heavy atom. The van der Waals surface area contributed by atoms with E-state index in [2.05, 4.69) is 13.8 Å². The summed E-state index contributed by atoms with van der Waals surface area (Å²) in [5.74, 6) is -12.3. The molecule has 8 atom stereocenters. The molecule has 2 unspecified atom stereocenters. The Morgan fingerprint density at radius 3 is 2.38 bits per heavy atom. The van der Waals surface area contributed by atoms with Crippen molar-refractivity contribution in [2.24, 2.45) is 35.3 Å². The number of Topliss-reactive ketones (excluding diaryl/α,β-unsaturated/α-hetero) is 4. The van der Waals surface area contributed by atoms with E-state index in [1.165, 1.54) is 25.1 Å². The van der Waals surface area contributed by atoms with E-state index in [1.54, 1.807) is 30.8 Å². The number of aromatic hydroxyl groups is 1. The lowest BCUT2D eigenvalue weighted by molar-refractivity contribution is -0.205. The molecular formula is C30H38N2O9S. The molecule has 0 radical (unpaired) electrons. The van der Waals surface area contributed by atoms with Gasteiger partial charge in [-0.3, -0.25) is 33.7 Å². The number of benzene rings is 1. The van der Waals surface area contributed by atoms with E-state index in [0.717, 1.165) is 12.2 Å². The van der Waals surface area contributed by atoms with Gasteiger partial charge in [-0.05, 0) is 43.8 Å². The second kappa shape index (κ2) is 11.9. The van der Waals surface area contributed by atoms with Gasteiger partial charge in [-0.25, -0.2) is 0 Å². The summed E-state index contributed by atoms with van der Waals surface area (Å²) in [4.78, 5) is 82.3. The molecule has 12 heteroatoms. The molecular weight excluding hydrogens is 564 g/mol. The molecule has 2 fully saturated rings. The summed E-state index contributed by atoms with van der Waals surface area (Å²) in [6.45, 7) is 5.71.